The molecule has 0 fully saturated rings. The number of anilines is 1. The first-order valence-electron chi connectivity index (χ1n) is 4.55. The summed E-state index contributed by atoms with van der Waals surface area (Å²) >= 11 is 5.89. The molecule has 0 aliphatic carbocycles. The van der Waals surface area contributed by atoms with Crippen molar-refractivity contribution >= 4 is 23.2 Å². The minimum absolute atomic E-state index is 0.0775. The number of amides is 1. The van der Waals surface area contributed by atoms with Crippen LogP contribution in [-0.2, 0) is 10.2 Å². The number of carbonyl (C=O) groups excluding carboxylic acids is 1. The smallest absolute Gasteiger partial charge is 0.238 e. The lowest BCUT2D eigenvalue weighted by Crippen LogP contribution is -2.37. The average molecular weight is 210 g/mol. The molecule has 0 N–H and O–H groups in total. The molecule has 0 spiro atoms. The normalized spacial score (nSPS) is 25.4. The summed E-state index contributed by atoms with van der Waals surface area (Å²) in [7, 11) is 1.79. The highest BCUT2D eigenvalue weighted by Crippen LogP contribution is 2.41. The molecule has 1 heterocycles. The zero-order valence-electron chi connectivity index (χ0n) is 8.25. The molecule has 1 aliphatic rings. The predicted molar refractivity (Wildman–Crippen MR) is 57.9 cm³/mol. The van der Waals surface area contributed by atoms with Gasteiger partial charge in [-0.15, -0.1) is 11.6 Å². The Morgan fingerprint density at radius 2 is 2.07 bits per heavy atom. The number of alkyl halides is 1. The van der Waals surface area contributed by atoms with Gasteiger partial charge < -0.3 is 4.90 Å². The van der Waals surface area contributed by atoms with Crippen molar-refractivity contribution in [3.05, 3.63) is 29.8 Å². The summed E-state index contributed by atoms with van der Waals surface area (Å²) in [5, 5.41) is 0. The van der Waals surface area contributed by atoms with E-state index in [2.05, 4.69) is 0 Å². The van der Waals surface area contributed by atoms with E-state index in [4.69, 9.17) is 11.6 Å². The molecule has 74 valence electrons. The van der Waals surface area contributed by atoms with Crippen molar-refractivity contribution in [3.63, 3.8) is 0 Å². The van der Waals surface area contributed by atoms with Crippen LogP contribution in [0.15, 0.2) is 24.3 Å². The fourth-order valence-electron chi connectivity index (χ4n) is 1.96. The topological polar surface area (TPSA) is 20.3 Å². The van der Waals surface area contributed by atoms with Crippen LogP contribution in [0.3, 0.4) is 0 Å². The zero-order valence-corrected chi connectivity index (χ0v) is 9.01. The van der Waals surface area contributed by atoms with E-state index in [0.717, 1.165) is 11.3 Å². The molecule has 0 saturated carbocycles. The van der Waals surface area contributed by atoms with Crippen LogP contribution in [0.1, 0.15) is 12.5 Å². The Morgan fingerprint density at radius 3 is 2.71 bits per heavy atom. The summed E-state index contributed by atoms with van der Waals surface area (Å²) in [5.41, 5.74) is 1.45. The number of benzene rings is 1. The number of hydrogen-bond donors (Lipinski definition) is 0. The maximum atomic E-state index is 12.0. The van der Waals surface area contributed by atoms with Crippen LogP contribution < -0.4 is 4.90 Å². The molecule has 2 rings (SSSR count). The van der Waals surface area contributed by atoms with Crippen LogP contribution in [0, 0.1) is 0 Å². The van der Waals surface area contributed by atoms with Crippen molar-refractivity contribution in [1.82, 2.24) is 0 Å². The zero-order chi connectivity index (χ0) is 10.3. The largest absolute Gasteiger partial charge is 0.314 e. The van der Waals surface area contributed by atoms with Crippen molar-refractivity contribution in [2.24, 2.45) is 0 Å². The van der Waals surface area contributed by atoms with Gasteiger partial charge in [0.05, 0.1) is 5.41 Å². The lowest BCUT2D eigenvalue weighted by atomic mass is 9.86. The molecule has 1 unspecified atom stereocenters. The number of halogens is 1. The lowest BCUT2D eigenvalue weighted by Gasteiger charge is -2.19. The van der Waals surface area contributed by atoms with Crippen molar-refractivity contribution in [1.29, 1.82) is 0 Å². The van der Waals surface area contributed by atoms with E-state index in [1.807, 2.05) is 31.2 Å². The molecule has 1 aromatic carbocycles. The first-order valence-corrected chi connectivity index (χ1v) is 5.08. The second-order valence-electron chi connectivity index (χ2n) is 3.85. The van der Waals surface area contributed by atoms with Crippen LogP contribution in [0.5, 0.6) is 0 Å². The summed E-state index contributed by atoms with van der Waals surface area (Å²) in [4.78, 5) is 13.6. The Balaban J connectivity index is 2.65. The van der Waals surface area contributed by atoms with Gasteiger partial charge in [0.2, 0.25) is 5.91 Å². The highest BCUT2D eigenvalue weighted by Gasteiger charge is 2.44. The highest BCUT2D eigenvalue weighted by atomic mass is 35.5. The predicted octanol–water partition coefficient (Wildman–Crippen LogP) is 2.16. The van der Waals surface area contributed by atoms with E-state index in [9.17, 15) is 4.79 Å². The van der Waals surface area contributed by atoms with Gasteiger partial charge in [-0.1, -0.05) is 18.2 Å². The van der Waals surface area contributed by atoms with Crippen molar-refractivity contribution in [2.45, 2.75) is 12.3 Å². The third-order valence-corrected chi connectivity index (χ3v) is 3.44. The van der Waals surface area contributed by atoms with Gasteiger partial charge in [-0.2, -0.15) is 0 Å². The van der Waals surface area contributed by atoms with Crippen LogP contribution in [0.2, 0.25) is 0 Å². The molecule has 0 saturated heterocycles. The molecular formula is C11H12ClNO. The Morgan fingerprint density at radius 1 is 1.43 bits per heavy atom. The van der Waals surface area contributed by atoms with Gasteiger partial charge in [-0.3, -0.25) is 4.79 Å². The SMILES string of the molecule is CN1C(=O)C(C)(CCl)c2ccccc21. The van der Waals surface area contributed by atoms with Crippen molar-refractivity contribution in [3.8, 4) is 0 Å². The molecule has 0 radical (unpaired) electrons. The van der Waals surface area contributed by atoms with Crippen LogP contribution in [0.25, 0.3) is 0 Å². The van der Waals surface area contributed by atoms with Crippen molar-refractivity contribution < 1.29 is 4.79 Å². The van der Waals surface area contributed by atoms with Gasteiger partial charge in [0, 0.05) is 18.6 Å². The third-order valence-electron chi connectivity index (χ3n) is 2.90. The van der Waals surface area contributed by atoms with E-state index >= 15 is 0 Å². The number of likely N-dealkylation sites (N-methyl/N-ethyl adjacent to an activating group) is 1. The van der Waals surface area contributed by atoms with Crippen LogP contribution >= 0.6 is 11.6 Å². The molecule has 3 heteroatoms. The molecule has 0 aromatic heterocycles. The minimum Gasteiger partial charge on any atom is -0.314 e. The number of nitrogens with zero attached hydrogens (tertiary/aromatic N) is 1. The number of rotatable bonds is 1. The molecule has 1 atom stereocenters. The molecule has 14 heavy (non-hydrogen) atoms. The summed E-state index contributed by atoms with van der Waals surface area (Å²) in [5.74, 6) is 0.404. The number of carbonyl (C=O) groups is 1. The summed E-state index contributed by atoms with van der Waals surface area (Å²) in [6.07, 6.45) is 0. The first kappa shape index (κ1) is 9.53. The second kappa shape index (κ2) is 2.99. The Labute approximate surface area is 88.5 Å². The lowest BCUT2D eigenvalue weighted by molar-refractivity contribution is -0.121. The Kier molecular flexibility index (Phi) is 2.04. The standard InChI is InChI=1S/C11H12ClNO/c1-11(7-12)8-5-3-4-6-9(8)13(2)10(11)14/h3-6H,7H2,1-2H3. The van der Waals surface area contributed by atoms with Crippen molar-refractivity contribution in [2.75, 3.05) is 17.8 Å². The fraction of sp³-hybridized carbons (Fsp3) is 0.364. The third kappa shape index (κ3) is 1.01. The molecule has 1 amide bonds. The molecule has 0 bridgehead atoms. The van der Waals surface area contributed by atoms with Gasteiger partial charge in [-0.05, 0) is 18.6 Å². The van der Waals surface area contributed by atoms with E-state index in [1.165, 1.54) is 0 Å². The Hall–Kier alpha value is -1.02. The molecule has 2 nitrogen and oxygen atoms in total. The van der Waals surface area contributed by atoms with Gasteiger partial charge in [0.1, 0.15) is 0 Å². The highest BCUT2D eigenvalue weighted by molar-refractivity contribution is 6.23. The van der Waals surface area contributed by atoms with E-state index in [1.54, 1.807) is 11.9 Å². The second-order valence-corrected chi connectivity index (χ2v) is 4.11. The number of hydrogen-bond acceptors (Lipinski definition) is 1. The van der Waals surface area contributed by atoms with E-state index in [0.29, 0.717) is 5.88 Å². The van der Waals surface area contributed by atoms with E-state index in [-0.39, 0.29) is 5.91 Å². The summed E-state index contributed by atoms with van der Waals surface area (Å²) in [6.45, 7) is 1.89. The quantitative estimate of drug-likeness (QED) is 0.650. The van der Waals surface area contributed by atoms with Gasteiger partial charge in [0.25, 0.3) is 0 Å². The molecular weight excluding hydrogens is 198 g/mol. The first-order chi connectivity index (χ1) is 6.61. The maximum Gasteiger partial charge on any atom is 0.238 e. The number of fused-ring (bicyclic) bond motifs is 1. The molecule has 1 aliphatic heterocycles. The van der Waals surface area contributed by atoms with Gasteiger partial charge in [-0.25, -0.2) is 0 Å². The summed E-state index contributed by atoms with van der Waals surface area (Å²) in [6, 6.07) is 7.79. The minimum atomic E-state index is -0.549. The van der Waals surface area contributed by atoms with E-state index < -0.39 is 5.41 Å². The molecule has 1 aromatic rings. The average Bonchev–Trinajstić information content (AvgIpc) is 2.43. The van der Waals surface area contributed by atoms with Crippen LogP contribution in [0.4, 0.5) is 5.69 Å². The maximum absolute atomic E-state index is 12.0. The summed E-state index contributed by atoms with van der Waals surface area (Å²) < 4.78 is 0. The Bertz CT molecular complexity index is 391. The van der Waals surface area contributed by atoms with Gasteiger partial charge in [0.15, 0.2) is 0 Å². The number of para-hydroxylation sites is 1. The fourth-order valence-corrected chi connectivity index (χ4v) is 2.21. The van der Waals surface area contributed by atoms with Crippen LogP contribution in [-0.4, -0.2) is 18.8 Å². The monoisotopic (exact) mass is 209 g/mol. The van der Waals surface area contributed by atoms with Gasteiger partial charge >= 0.3 is 0 Å².